The molecule has 0 unspecified atom stereocenters. The van der Waals surface area contributed by atoms with Gasteiger partial charge in [0.05, 0.1) is 17.0 Å². The largest absolute Gasteiger partial charge is 0.336 e. The van der Waals surface area contributed by atoms with Gasteiger partial charge in [-0.25, -0.2) is 0 Å². The SMILES string of the molecule is CC(C)N1C[C@H]2N(C)C(=O)c3ccccc3C(=O)[C@@]2(C)C1. The number of nitrogens with zero attached hydrogens (tertiary/aromatic N) is 2. The van der Waals surface area contributed by atoms with Crippen LogP contribution in [0.4, 0.5) is 0 Å². The van der Waals surface area contributed by atoms with Crippen molar-refractivity contribution in [2.24, 2.45) is 5.41 Å². The molecule has 1 fully saturated rings. The van der Waals surface area contributed by atoms with Crippen LogP contribution in [0.5, 0.6) is 0 Å². The van der Waals surface area contributed by atoms with Crippen LogP contribution in [0.1, 0.15) is 41.5 Å². The number of hydrogen-bond donors (Lipinski definition) is 0. The van der Waals surface area contributed by atoms with Gasteiger partial charge < -0.3 is 4.90 Å². The molecule has 0 aliphatic carbocycles. The normalized spacial score (nSPS) is 29.6. The Labute approximate surface area is 125 Å². The van der Waals surface area contributed by atoms with Gasteiger partial charge in [0, 0.05) is 31.7 Å². The lowest BCUT2D eigenvalue weighted by Gasteiger charge is -2.32. The molecule has 1 amide bonds. The predicted molar refractivity (Wildman–Crippen MR) is 81.5 cm³/mol. The third-order valence-corrected chi connectivity index (χ3v) is 5.11. The van der Waals surface area contributed by atoms with Crippen molar-refractivity contribution in [1.82, 2.24) is 9.80 Å². The number of carbonyl (C=O) groups is 2. The fourth-order valence-electron chi connectivity index (χ4n) is 3.69. The molecule has 0 saturated carbocycles. The summed E-state index contributed by atoms with van der Waals surface area (Å²) in [5.74, 6) is 0.0576. The number of hydrogen-bond acceptors (Lipinski definition) is 3. The van der Waals surface area contributed by atoms with Gasteiger partial charge in [0.1, 0.15) is 0 Å². The van der Waals surface area contributed by atoms with Crippen LogP contribution in [-0.2, 0) is 0 Å². The fourth-order valence-corrected chi connectivity index (χ4v) is 3.69. The number of Topliss-reactive ketones (excluding diaryl/α,β-unsaturated/α-hetero) is 1. The minimum Gasteiger partial charge on any atom is -0.336 e. The van der Waals surface area contributed by atoms with Crippen molar-refractivity contribution < 1.29 is 9.59 Å². The molecule has 0 bridgehead atoms. The number of likely N-dealkylation sites (tertiary alicyclic amines) is 1. The maximum absolute atomic E-state index is 13.1. The number of carbonyl (C=O) groups excluding carboxylic acids is 2. The van der Waals surface area contributed by atoms with Crippen molar-refractivity contribution in [3.05, 3.63) is 35.4 Å². The summed E-state index contributed by atoms with van der Waals surface area (Å²) in [6.45, 7) is 7.74. The summed E-state index contributed by atoms with van der Waals surface area (Å²) in [7, 11) is 1.82. The van der Waals surface area contributed by atoms with Gasteiger partial charge in [-0.3, -0.25) is 14.5 Å². The molecule has 2 heterocycles. The Morgan fingerprint density at radius 2 is 1.81 bits per heavy atom. The van der Waals surface area contributed by atoms with Crippen LogP contribution >= 0.6 is 0 Å². The quantitative estimate of drug-likeness (QED) is 0.793. The summed E-state index contributed by atoms with van der Waals surface area (Å²) in [6.07, 6.45) is 0. The van der Waals surface area contributed by atoms with E-state index in [1.165, 1.54) is 0 Å². The number of ketones is 1. The lowest BCUT2D eigenvalue weighted by Crippen LogP contribution is -2.48. The van der Waals surface area contributed by atoms with Gasteiger partial charge in [-0.2, -0.15) is 0 Å². The summed E-state index contributed by atoms with van der Waals surface area (Å²) < 4.78 is 0. The van der Waals surface area contributed by atoms with E-state index in [-0.39, 0.29) is 17.7 Å². The Morgan fingerprint density at radius 3 is 2.43 bits per heavy atom. The second-order valence-corrected chi connectivity index (χ2v) is 6.75. The minimum atomic E-state index is -0.527. The molecule has 112 valence electrons. The zero-order chi connectivity index (χ0) is 15.4. The van der Waals surface area contributed by atoms with Crippen LogP contribution in [0, 0.1) is 5.41 Å². The molecular weight excluding hydrogens is 264 g/mol. The van der Waals surface area contributed by atoms with E-state index in [1.54, 1.807) is 17.0 Å². The molecule has 4 heteroatoms. The van der Waals surface area contributed by atoms with Crippen molar-refractivity contribution in [2.45, 2.75) is 32.9 Å². The third-order valence-electron chi connectivity index (χ3n) is 5.11. The summed E-state index contributed by atoms with van der Waals surface area (Å²) >= 11 is 0. The first-order valence-corrected chi connectivity index (χ1v) is 7.51. The molecule has 0 spiro atoms. The monoisotopic (exact) mass is 286 g/mol. The minimum absolute atomic E-state index is 0.0433. The maximum atomic E-state index is 13.1. The molecule has 1 saturated heterocycles. The van der Waals surface area contributed by atoms with Gasteiger partial charge >= 0.3 is 0 Å². The van der Waals surface area contributed by atoms with Crippen molar-refractivity contribution >= 4 is 11.7 Å². The average molecular weight is 286 g/mol. The van der Waals surface area contributed by atoms with Crippen molar-refractivity contribution in [3.63, 3.8) is 0 Å². The van der Waals surface area contributed by atoms with Crippen molar-refractivity contribution in [1.29, 1.82) is 0 Å². The van der Waals surface area contributed by atoms with Gasteiger partial charge in [0.15, 0.2) is 5.78 Å². The first-order valence-electron chi connectivity index (χ1n) is 7.51. The van der Waals surface area contributed by atoms with E-state index in [1.807, 2.05) is 26.1 Å². The molecular formula is C17H22N2O2. The molecule has 2 atom stereocenters. The van der Waals surface area contributed by atoms with E-state index < -0.39 is 5.41 Å². The molecule has 0 aromatic heterocycles. The van der Waals surface area contributed by atoms with E-state index in [2.05, 4.69) is 18.7 Å². The zero-order valence-electron chi connectivity index (χ0n) is 13.1. The standard InChI is InChI=1S/C17H22N2O2/c1-11(2)19-9-14-17(3,10-19)15(20)12-7-5-6-8-13(12)16(21)18(14)4/h5-8,11,14H,9-10H2,1-4H3/t14-,17+/m1/s1. The highest BCUT2D eigenvalue weighted by Crippen LogP contribution is 2.40. The number of benzene rings is 1. The van der Waals surface area contributed by atoms with E-state index in [4.69, 9.17) is 0 Å². The van der Waals surface area contributed by atoms with Crippen molar-refractivity contribution in [3.8, 4) is 0 Å². The second-order valence-electron chi connectivity index (χ2n) is 6.75. The van der Waals surface area contributed by atoms with Crippen LogP contribution in [0.25, 0.3) is 0 Å². The Morgan fingerprint density at radius 1 is 1.19 bits per heavy atom. The van der Waals surface area contributed by atoms with E-state index >= 15 is 0 Å². The first kappa shape index (κ1) is 14.3. The summed E-state index contributed by atoms with van der Waals surface area (Å²) in [6, 6.07) is 7.52. The Balaban J connectivity index is 2.13. The van der Waals surface area contributed by atoms with Crippen LogP contribution in [0.2, 0.25) is 0 Å². The van der Waals surface area contributed by atoms with Crippen molar-refractivity contribution in [2.75, 3.05) is 20.1 Å². The van der Waals surface area contributed by atoms with Gasteiger partial charge in [0.25, 0.3) is 5.91 Å². The zero-order valence-corrected chi connectivity index (χ0v) is 13.1. The molecule has 0 radical (unpaired) electrons. The molecule has 3 rings (SSSR count). The highest BCUT2D eigenvalue weighted by atomic mass is 16.2. The average Bonchev–Trinajstić information content (AvgIpc) is 2.82. The summed E-state index contributed by atoms with van der Waals surface area (Å²) in [5.41, 5.74) is 0.586. The molecule has 2 aliphatic rings. The first-order chi connectivity index (χ1) is 9.86. The van der Waals surface area contributed by atoms with Gasteiger partial charge in [-0.1, -0.05) is 18.2 Å². The Bertz CT molecular complexity index is 611. The van der Waals surface area contributed by atoms with Crippen LogP contribution in [-0.4, -0.2) is 53.7 Å². The highest BCUT2D eigenvalue weighted by Gasteiger charge is 2.54. The van der Waals surface area contributed by atoms with E-state index in [9.17, 15) is 9.59 Å². The molecule has 1 aromatic rings. The number of amides is 1. The molecule has 0 N–H and O–H groups in total. The topological polar surface area (TPSA) is 40.6 Å². The number of fused-ring (bicyclic) bond motifs is 2. The summed E-state index contributed by atoms with van der Waals surface area (Å²) in [5, 5.41) is 0. The molecule has 4 nitrogen and oxygen atoms in total. The smallest absolute Gasteiger partial charge is 0.254 e. The van der Waals surface area contributed by atoms with Crippen LogP contribution in [0.3, 0.4) is 0 Å². The van der Waals surface area contributed by atoms with Gasteiger partial charge in [0.2, 0.25) is 0 Å². The third kappa shape index (κ3) is 1.93. The van der Waals surface area contributed by atoms with E-state index in [0.29, 0.717) is 23.7 Å². The highest BCUT2D eigenvalue weighted by molar-refractivity contribution is 6.12. The van der Waals surface area contributed by atoms with E-state index in [0.717, 1.165) is 6.54 Å². The van der Waals surface area contributed by atoms with Crippen LogP contribution < -0.4 is 0 Å². The van der Waals surface area contributed by atoms with Gasteiger partial charge in [-0.15, -0.1) is 0 Å². The number of likely N-dealkylation sites (N-methyl/N-ethyl adjacent to an activating group) is 1. The number of rotatable bonds is 1. The van der Waals surface area contributed by atoms with Gasteiger partial charge in [-0.05, 0) is 26.8 Å². The van der Waals surface area contributed by atoms with Crippen LogP contribution in [0.15, 0.2) is 24.3 Å². The molecule has 2 aliphatic heterocycles. The molecule has 21 heavy (non-hydrogen) atoms. The molecule has 1 aromatic carbocycles. The Kier molecular flexibility index (Phi) is 3.17. The predicted octanol–water partition coefficient (Wildman–Crippen LogP) is 2.05. The summed E-state index contributed by atoms with van der Waals surface area (Å²) in [4.78, 5) is 29.9. The lowest BCUT2D eigenvalue weighted by molar-refractivity contribution is 0.0606. The maximum Gasteiger partial charge on any atom is 0.254 e. The second kappa shape index (κ2) is 4.67. The Hall–Kier alpha value is -1.68. The lowest BCUT2D eigenvalue weighted by atomic mass is 9.78. The fraction of sp³-hybridized carbons (Fsp3) is 0.529.